The van der Waals surface area contributed by atoms with Crippen LogP contribution in [0.1, 0.15) is 6.42 Å². The molecule has 1 heterocycles. The van der Waals surface area contributed by atoms with E-state index in [2.05, 4.69) is 26.7 Å². The van der Waals surface area contributed by atoms with Gasteiger partial charge in [-0.2, -0.15) is 0 Å². The Morgan fingerprint density at radius 3 is 2.13 bits per heavy atom. The number of benzene rings is 2. The van der Waals surface area contributed by atoms with Crippen molar-refractivity contribution in [2.24, 2.45) is 0 Å². The lowest BCUT2D eigenvalue weighted by molar-refractivity contribution is 0.255. The first-order valence-corrected chi connectivity index (χ1v) is 11.8. The molecule has 3 rings (SSSR count). The number of nitrogens with zero attached hydrogens (tertiary/aromatic N) is 2. The summed E-state index contributed by atoms with van der Waals surface area (Å²) >= 11 is 0. The molecule has 1 saturated heterocycles. The lowest BCUT2D eigenvalue weighted by atomic mass is 10.2. The second kappa shape index (κ2) is 10.7. The number of methoxy groups -OCH3 is 3. The van der Waals surface area contributed by atoms with Crippen molar-refractivity contribution in [2.45, 2.75) is 11.3 Å². The highest BCUT2D eigenvalue weighted by Crippen LogP contribution is 2.28. The van der Waals surface area contributed by atoms with E-state index in [0.29, 0.717) is 12.3 Å². The SMILES string of the molecule is COc1ccc(N2CCN(CCCNS(=O)(=O)c3ccc(OC)cc3OC)CC2)cc1. The van der Waals surface area contributed by atoms with Gasteiger partial charge in [0.25, 0.3) is 0 Å². The van der Waals surface area contributed by atoms with Crippen molar-refractivity contribution in [3.63, 3.8) is 0 Å². The first-order valence-electron chi connectivity index (χ1n) is 10.3. The molecule has 1 N–H and O–H groups in total. The number of sulfonamides is 1. The van der Waals surface area contributed by atoms with Gasteiger partial charge in [-0.15, -0.1) is 0 Å². The van der Waals surface area contributed by atoms with Gasteiger partial charge in [-0.25, -0.2) is 13.1 Å². The van der Waals surface area contributed by atoms with E-state index in [-0.39, 0.29) is 10.6 Å². The zero-order valence-corrected chi connectivity index (χ0v) is 19.2. The van der Waals surface area contributed by atoms with Crippen molar-refractivity contribution >= 4 is 15.7 Å². The highest BCUT2D eigenvalue weighted by Gasteiger charge is 2.21. The third-order valence-electron chi connectivity index (χ3n) is 5.41. The Balaban J connectivity index is 1.44. The van der Waals surface area contributed by atoms with Crippen molar-refractivity contribution in [3.05, 3.63) is 42.5 Å². The van der Waals surface area contributed by atoms with Crippen molar-refractivity contribution < 1.29 is 22.6 Å². The maximum atomic E-state index is 12.6. The zero-order chi connectivity index (χ0) is 22.3. The second-order valence-corrected chi connectivity index (χ2v) is 9.03. The van der Waals surface area contributed by atoms with Crippen molar-refractivity contribution in [3.8, 4) is 17.2 Å². The smallest absolute Gasteiger partial charge is 0.244 e. The number of ether oxygens (including phenoxy) is 3. The average Bonchev–Trinajstić information content (AvgIpc) is 2.81. The Morgan fingerprint density at radius 1 is 0.871 bits per heavy atom. The number of hydrogen-bond donors (Lipinski definition) is 1. The second-order valence-electron chi connectivity index (χ2n) is 7.29. The summed E-state index contributed by atoms with van der Waals surface area (Å²) in [5.41, 5.74) is 1.20. The summed E-state index contributed by atoms with van der Waals surface area (Å²) < 4.78 is 43.5. The van der Waals surface area contributed by atoms with Gasteiger partial charge >= 0.3 is 0 Å². The van der Waals surface area contributed by atoms with Crippen LogP contribution in [0, 0.1) is 0 Å². The Morgan fingerprint density at radius 2 is 1.52 bits per heavy atom. The van der Waals surface area contributed by atoms with Crippen LogP contribution >= 0.6 is 0 Å². The van der Waals surface area contributed by atoms with Gasteiger partial charge in [0.1, 0.15) is 22.1 Å². The summed E-state index contributed by atoms with van der Waals surface area (Å²) in [5, 5.41) is 0. The molecule has 0 bridgehead atoms. The number of nitrogens with one attached hydrogen (secondary N) is 1. The topological polar surface area (TPSA) is 80.3 Å². The largest absolute Gasteiger partial charge is 0.497 e. The quantitative estimate of drug-likeness (QED) is 0.557. The molecule has 170 valence electrons. The Bertz CT molecular complexity index is 942. The molecule has 0 atom stereocenters. The van der Waals surface area contributed by atoms with Crippen LogP contribution in [0.25, 0.3) is 0 Å². The normalized spacial score (nSPS) is 15.0. The van der Waals surface area contributed by atoms with Crippen LogP contribution in [0.5, 0.6) is 17.2 Å². The van der Waals surface area contributed by atoms with Gasteiger partial charge in [-0.3, -0.25) is 4.90 Å². The van der Waals surface area contributed by atoms with E-state index in [1.807, 2.05) is 12.1 Å². The molecule has 31 heavy (non-hydrogen) atoms. The van der Waals surface area contributed by atoms with Crippen LogP contribution in [0.3, 0.4) is 0 Å². The molecular formula is C22H31N3O5S. The van der Waals surface area contributed by atoms with E-state index in [9.17, 15) is 8.42 Å². The number of hydrogen-bond acceptors (Lipinski definition) is 7. The minimum atomic E-state index is -3.65. The minimum Gasteiger partial charge on any atom is -0.497 e. The number of rotatable bonds is 10. The third kappa shape index (κ3) is 6.03. The summed E-state index contributed by atoms with van der Waals surface area (Å²) in [6.45, 7) is 5.01. The minimum absolute atomic E-state index is 0.115. The van der Waals surface area contributed by atoms with Gasteiger partial charge in [0.15, 0.2) is 0 Å². The van der Waals surface area contributed by atoms with E-state index in [1.165, 1.54) is 26.0 Å². The fourth-order valence-corrected chi connectivity index (χ4v) is 4.83. The summed E-state index contributed by atoms with van der Waals surface area (Å²) in [5.74, 6) is 1.67. The van der Waals surface area contributed by atoms with Gasteiger partial charge in [-0.05, 0) is 49.4 Å². The summed E-state index contributed by atoms with van der Waals surface area (Å²) in [6.07, 6.45) is 0.736. The fourth-order valence-electron chi connectivity index (χ4n) is 3.61. The Hall–Kier alpha value is -2.49. The van der Waals surface area contributed by atoms with Crippen LogP contribution in [-0.4, -0.2) is 73.9 Å². The van der Waals surface area contributed by atoms with Crippen molar-refractivity contribution in [1.29, 1.82) is 0 Å². The molecule has 1 aliphatic heterocycles. The Kier molecular flexibility index (Phi) is 8.00. The number of anilines is 1. The van der Waals surface area contributed by atoms with E-state index in [1.54, 1.807) is 19.2 Å². The van der Waals surface area contributed by atoms with Crippen LogP contribution in [-0.2, 0) is 10.0 Å². The highest BCUT2D eigenvalue weighted by atomic mass is 32.2. The summed E-state index contributed by atoms with van der Waals surface area (Å²) in [7, 11) is 0.989. The van der Waals surface area contributed by atoms with E-state index >= 15 is 0 Å². The molecule has 0 amide bonds. The first kappa shape index (κ1) is 23.2. The lowest BCUT2D eigenvalue weighted by Crippen LogP contribution is -2.47. The first-order chi connectivity index (χ1) is 15.0. The van der Waals surface area contributed by atoms with Crippen LogP contribution in [0.4, 0.5) is 5.69 Å². The van der Waals surface area contributed by atoms with E-state index in [4.69, 9.17) is 14.2 Å². The van der Waals surface area contributed by atoms with Crippen LogP contribution in [0.15, 0.2) is 47.4 Å². The lowest BCUT2D eigenvalue weighted by Gasteiger charge is -2.36. The monoisotopic (exact) mass is 449 g/mol. The Labute approximate surface area is 184 Å². The van der Waals surface area contributed by atoms with Gasteiger partial charge in [0.05, 0.1) is 21.3 Å². The zero-order valence-electron chi connectivity index (χ0n) is 18.3. The van der Waals surface area contributed by atoms with Gasteiger partial charge in [0, 0.05) is 44.5 Å². The molecule has 0 unspecified atom stereocenters. The maximum absolute atomic E-state index is 12.6. The van der Waals surface area contributed by atoms with Crippen molar-refractivity contribution in [2.75, 3.05) is 65.5 Å². The third-order valence-corrected chi connectivity index (χ3v) is 6.91. The molecule has 9 heteroatoms. The molecule has 1 aliphatic rings. The molecule has 8 nitrogen and oxygen atoms in total. The molecule has 0 aromatic heterocycles. The molecule has 1 fully saturated rings. The maximum Gasteiger partial charge on any atom is 0.244 e. The van der Waals surface area contributed by atoms with E-state index in [0.717, 1.165) is 44.9 Å². The molecule has 2 aromatic rings. The molecule has 0 aliphatic carbocycles. The standard InChI is InChI=1S/C22H31N3O5S/c1-28-19-7-5-18(6-8-19)25-15-13-24(14-16-25)12-4-11-23-31(26,27)22-10-9-20(29-2)17-21(22)30-3/h5-10,17,23H,4,11-16H2,1-3H3. The molecule has 2 aromatic carbocycles. The van der Waals surface area contributed by atoms with Gasteiger partial charge < -0.3 is 19.1 Å². The molecule has 0 saturated carbocycles. The highest BCUT2D eigenvalue weighted by molar-refractivity contribution is 7.89. The summed E-state index contributed by atoms with van der Waals surface area (Å²) in [4.78, 5) is 4.83. The average molecular weight is 450 g/mol. The van der Waals surface area contributed by atoms with Crippen molar-refractivity contribution in [1.82, 2.24) is 9.62 Å². The van der Waals surface area contributed by atoms with Gasteiger partial charge in [0.2, 0.25) is 10.0 Å². The van der Waals surface area contributed by atoms with Crippen LogP contribution < -0.4 is 23.8 Å². The predicted octanol–water partition coefficient (Wildman–Crippen LogP) is 2.20. The van der Waals surface area contributed by atoms with Gasteiger partial charge in [-0.1, -0.05) is 0 Å². The number of piperazine rings is 1. The molecule has 0 spiro atoms. The fraction of sp³-hybridized carbons (Fsp3) is 0.455. The summed E-state index contributed by atoms with van der Waals surface area (Å²) in [6, 6.07) is 12.8. The molecule has 0 radical (unpaired) electrons. The van der Waals surface area contributed by atoms with E-state index < -0.39 is 10.0 Å². The van der Waals surface area contributed by atoms with Crippen LogP contribution in [0.2, 0.25) is 0 Å². The molecular weight excluding hydrogens is 418 g/mol. The predicted molar refractivity (Wildman–Crippen MR) is 121 cm³/mol.